The summed E-state index contributed by atoms with van der Waals surface area (Å²) in [7, 11) is 0. The van der Waals surface area contributed by atoms with Gasteiger partial charge in [0.2, 0.25) is 0 Å². The summed E-state index contributed by atoms with van der Waals surface area (Å²) in [6.45, 7) is 6.34. The predicted octanol–water partition coefficient (Wildman–Crippen LogP) is 0.865. The van der Waals surface area contributed by atoms with E-state index in [2.05, 4.69) is 10.3 Å². The number of hydrogen-bond acceptors (Lipinski definition) is 4. The van der Waals surface area contributed by atoms with Gasteiger partial charge in [0.25, 0.3) is 0 Å². The summed E-state index contributed by atoms with van der Waals surface area (Å²) in [5.41, 5.74) is 5.77. The van der Waals surface area contributed by atoms with Crippen molar-refractivity contribution in [1.82, 2.24) is 5.32 Å². The van der Waals surface area contributed by atoms with E-state index < -0.39 is 5.66 Å². The van der Waals surface area contributed by atoms with E-state index in [1.54, 1.807) is 0 Å². The van der Waals surface area contributed by atoms with Crippen LogP contribution in [0.5, 0.6) is 0 Å². The molecule has 15 heavy (non-hydrogen) atoms. The Kier molecular flexibility index (Phi) is 4.73. The molecule has 1 rings (SSSR count). The Balaban J connectivity index is 2.29. The molecule has 1 aliphatic heterocycles. The molecule has 0 saturated carbocycles. The lowest BCUT2D eigenvalue weighted by molar-refractivity contribution is 0.139. The zero-order valence-electron chi connectivity index (χ0n) is 9.22. The van der Waals surface area contributed by atoms with E-state index in [1.807, 2.05) is 19.9 Å². The molecule has 0 aromatic carbocycles. The van der Waals surface area contributed by atoms with Gasteiger partial charge in [-0.3, -0.25) is 10.3 Å². The average Bonchev–Trinajstić information content (AvgIpc) is 2.41. The second kappa shape index (κ2) is 5.61. The number of nitrogens with one attached hydrogen (secondary N) is 1. The molecule has 0 bridgehead atoms. The van der Waals surface area contributed by atoms with Crippen LogP contribution in [0.2, 0.25) is 0 Å². The Labute approximate surface area is 95.5 Å². The summed E-state index contributed by atoms with van der Waals surface area (Å²) in [5.74, 6) is 0. The molecule has 1 aliphatic rings. The number of aliphatic imine (C=N–C) groups is 1. The maximum atomic E-state index is 6.08. The summed E-state index contributed by atoms with van der Waals surface area (Å²) in [6, 6.07) is 0. The fraction of sp³-hybridized carbons (Fsp3) is 0.700. The SMILES string of the molecule is CC1=NC(C)(NCCOCCN)C(Cl)=C1. The van der Waals surface area contributed by atoms with Crippen LogP contribution >= 0.6 is 11.6 Å². The molecular formula is C10H18ClN3O. The van der Waals surface area contributed by atoms with Crippen molar-refractivity contribution in [2.24, 2.45) is 10.7 Å². The fourth-order valence-electron chi connectivity index (χ4n) is 1.44. The van der Waals surface area contributed by atoms with Gasteiger partial charge in [-0.25, -0.2) is 0 Å². The smallest absolute Gasteiger partial charge is 0.144 e. The molecule has 86 valence electrons. The highest BCUT2D eigenvalue weighted by Gasteiger charge is 2.30. The highest BCUT2D eigenvalue weighted by atomic mass is 35.5. The lowest BCUT2D eigenvalue weighted by Crippen LogP contribution is -2.41. The van der Waals surface area contributed by atoms with Gasteiger partial charge >= 0.3 is 0 Å². The molecule has 0 spiro atoms. The van der Waals surface area contributed by atoms with E-state index >= 15 is 0 Å². The molecule has 0 saturated heterocycles. The number of nitrogens with two attached hydrogens (primary N) is 1. The van der Waals surface area contributed by atoms with Gasteiger partial charge in [0.15, 0.2) is 0 Å². The van der Waals surface area contributed by atoms with Gasteiger partial charge in [-0.1, -0.05) is 11.6 Å². The van der Waals surface area contributed by atoms with Gasteiger partial charge in [-0.15, -0.1) is 0 Å². The summed E-state index contributed by atoms with van der Waals surface area (Å²) >= 11 is 6.08. The molecule has 0 fully saturated rings. The molecule has 1 unspecified atom stereocenters. The average molecular weight is 232 g/mol. The Hall–Kier alpha value is -0.420. The van der Waals surface area contributed by atoms with E-state index in [9.17, 15) is 0 Å². The van der Waals surface area contributed by atoms with Crippen LogP contribution in [0.1, 0.15) is 13.8 Å². The van der Waals surface area contributed by atoms with Crippen molar-refractivity contribution in [3.63, 3.8) is 0 Å². The van der Waals surface area contributed by atoms with Crippen LogP contribution in [0.4, 0.5) is 0 Å². The first kappa shape index (κ1) is 12.6. The van der Waals surface area contributed by atoms with Gasteiger partial charge < -0.3 is 10.5 Å². The van der Waals surface area contributed by atoms with Crippen LogP contribution in [0.25, 0.3) is 0 Å². The highest BCUT2D eigenvalue weighted by molar-refractivity contribution is 6.33. The van der Waals surface area contributed by atoms with Crippen LogP contribution in [0, 0.1) is 0 Å². The lowest BCUT2D eigenvalue weighted by atomic mass is 10.2. The van der Waals surface area contributed by atoms with Gasteiger partial charge in [0, 0.05) is 18.8 Å². The molecule has 3 N–H and O–H groups in total. The molecule has 0 radical (unpaired) electrons. The molecule has 1 atom stereocenters. The minimum atomic E-state index is -0.474. The second-order valence-corrected chi connectivity index (χ2v) is 4.05. The number of halogens is 1. The highest BCUT2D eigenvalue weighted by Crippen LogP contribution is 2.27. The molecule has 5 heteroatoms. The van der Waals surface area contributed by atoms with Crippen molar-refractivity contribution in [2.45, 2.75) is 19.5 Å². The number of ether oxygens (including phenoxy) is 1. The third-order valence-corrected chi connectivity index (χ3v) is 2.66. The summed E-state index contributed by atoms with van der Waals surface area (Å²) in [4.78, 5) is 4.42. The van der Waals surface area contributed by atoms with Crippen LogP contribution in [-0.4, -0.2) is 37.7 Å². The van der Waals surface area contributed by atoms with E-state index in [1.165, 1.54) is 0 Å². The van der Waals surface area contributed by atoms with Gasteiger partial charge in [0.05, 0.1) is 18.2 Å². The Bertz CT molecular complexity index is 278. The first-order valence-corrected chi connectivity index (χ1v) is 5.43. The van der Waals surface area contributed by atoms with Gasteiger partial charge in [-0.2, -0.15) is 0 Å². The normalized spacial score (nSPS) is 25.3. The minimum absolute atomic E-state index is 0.474. The number of hydrogen-bond donors (Lipinski definition) is 2. The Morgan fingerprint density at radius 1 is 1.60 bits per heavy atom. The van der Waals surface area contributed by atoms with Crippen LogP contribution < -0.4 is 11.1 Å². The molecule has 0 aromatic rings. The van der Waals surface area contributed by atoms with E-state index in [4.69, 9.17) is 22.1 Å². The van der Waals surface area contributed by atoms with Crippen LogP contribution in [0.3, 0.4) is 0 Å². The first-order chi connectivity index (χ1) is 7.08. The van der Waals surface area contributed by atoms with Crippen molar-refractivity contribution in [3.8, 4) is 0 Å². The Morgan fingerprint density at radius 2 is 2.33 bits per heavy atom. The van der Waals surface area contributed by atoms with Crippen LogP contribution in [-0.2, 0) is 4.74 Å². The van der Waals surface area contributed by atoms with E-state index in [-0.39, 0.29) is 0 Å². The third-order valence-electron chi connectivity index (χ3n) is 2.18. The standard InChI is InChI=1S/C10H18ClN3O/c1-8-7-9(11)10(2,14-8)13-4-6-15-5-3-12/h7,13H,3-6,12H2,1-2H3. The predicted molar refractivity (Wildman–Crippen MR) is 63.3 cm³/mol. The van der Waals surface area contributed by atoms with Gasteiger partial charge in [-0.05, 0) is 19.9 Å². The molecule has 0 amide bonds. The van der Waals surface area contributed by atoms with Crippen molar-refractivity contribution in [3.05, 3.63) is 11.1 Å². The zero-order chi connectivity index (χ0) is 11.3. The quantitative estimate of drug-likeness (QED) is 0.667. The van der Waals surface area contributed by atoms with Crippen LogP contribution in [0.15, 0.2) is 16.1 Å². The second-order valence-electron chi connectivity index (χ2n) is 3.65. The topological polar surface area (TPSA) is 59.6 Å². The molecule has 1 heterocycles. The largest absolute Gasteiger partial charge is 0.379 e. The van der Waals surface area contributed by atoms with Crippen molar-refractivity contribution in [2.75, 3.05) is 26.3 Å². The Morgan fingerprint density at radius 3 is 2.87 bits per heavy atom. The maximum absolute atomic E-state index is 6.08. The number of nitrogens with zero attached hydrogens (tertiary/aromatic N) is 1. The fourth-order valence-corrected chi connectivity index (χ4v) is 1.71. The monoisotopic (exact) mass is 231 g/mol. The summed E-state index contributed by atoms with van der Waals surface area (Å²) in [6.07, 6.45) is 1.87. The lowest BCUT2D eigenvalue weighted by Gasteiger charge is -2.23. The summed E-state index contributed by atoms with van der Waals surface area (Å²) in [5, 5.41) is 3.96. The number of allylic oxidation sites excluding steroid dienone is 1. The first-order valence-electron chi connectivity index (χ1n) is 5.05. The van der Waals surface area contributed by atoms with Gasteiger partial charge in [0.1, 0.15) is 5.66 Å². The molecule has 0 aliphatic carbocycles. The van der Waals surface area contributed by atoms with Crippen molar-refractivity contribution in [1.29, 1.82) is 0 Å². The minimum Gasteiger partial charge on any atom is -0.379 e. The van der Waals surface area contributed by atoms with E-state index in [0.717, 1.165) is 10.7 Å². The molecule has 0 aromatic heterocycles. The summed E-state index contributed by atoms with van der Waals surface area (Å²) < 4.78 is 5.25. The third kappa shape index (κ3) is 3.57. The van der Waals surface area contributed by atoms with E-state index in [0.29, 0.717) is 26.3 Å². The molecule has 4 nitrogen and oxygen atoms in total. The maximum Gasteiger partial charge on any atom is 0.144 e. The zero-order valence-corrected chi connectivity index (χ0v) is 9.97. The molecular weight excluding hydrogens is 214 g/mol. The van der Waals surface area contributed by atoms with Crippen molar-refractivity contribution < 1.29 is 4.74 Å². The number of rotatable bonds is 6. The van der Waals surface area contributed by atoms with Crippen molar-refractivity contribution >= 4 is 17.3 Å².